The number of hydrogen-bond donors (Lipinski definition) is 3. The van der Waals surface area contributed by atoms with E-state index >= 15 is 0 Å². The lowest BCUT2D eigenvalue weighted by atomic mass is 9.92. The Morgan fingerprint density at radius 3 is 2.36 bits per heavy atom. The third-order valence-electron chi connectivity index (χ3n) is 5.79. The Balaban J connectivity index is 1.53. The zero-order chi connectivity index (χ0) is 23.5. The number of benzene rings is 3. The van der Waals surface area contributed by atoms with E-state index in [1.54, 1.807) is 37.3 Å². The first-order valence-electron chi connectivity index (χ1n) is 10.8. The number of anilines is 1. The maximum Gasteiger partial charge on any atom is 0.261 e. The van der Waals surface area contributed by atoms with Gasteiger partial charge in [-0.2, -0.15) is 0 Å². The van der Waals surface area contributed by atoms with Crippen molar-refractivity contribution in [3.05, 3.63) is 83.9 Å². The minimum absolute atomic E-state index is 0.0186. The van der Waals surface area contributed by atoms with Gasteiger partial charge in [-0.3, -0.25) is 19.8 Å². The number of carbonyl (C=O) groups is 3. The van der Waals surface area contributed by atoms with Crippen molar-refractivity contribution in [3.63, 3.8) is 0 Å². The van der Waals surface area contributed by atoms with Crippen LogP contribution in [0, 0.1) is 0 Å². The van der Waals surface area contributed by atoms with E-state index in [4.69, 9.17) is 0 Å². The van der Waals surface area contributed by atoms with E-state index in [0.717, 1.165) is 16.7 Å². The lowest BCUT2D eigenvalue weighted by Crippen LogP contribution is -2.54. The number of nitrogens with one attached hydrogen (secondary N) is 2. The molecule has 3 aromatic carbocycles. The number of phenols is 1. The van der Waals surface area contributed by atoms with E-state index in [-0.39, 0.29) is 18.1 Å². The quantitative estimate of drug-likeness (QED) is 0.564. The molecular weight excluding hydrogens is 418 g/mol. The molecule has 4 rings (SSSR count). The first-order chi connectivity index (χ1) is 15.9. The van der Waals surface area contributed by atoms with Crippen molar-refractivity contribution in [2.75, 3.05) is 5.01 Å². The number of amides is 3. The van der Waals surface area contributed by atoms with Crippen LogP contribution in [-0.4, -0.2) is 28.9 Å². The van der Waals surface area contributed by atoms with Crippen LogP contribution in [0.5, 0.6) is 5.75 Å². The van der Waals surface area contributed by atoms with Gasteiger partial charge in [-0.05, 0) is 37.1 Å². The Hall–Kier alpha value is -4.13. The Morgan fingerprint density at radius 1 is 0.970 bits per heavy atom. The number of hydrogen-bond acceptors (Lipinski definition) is 4. The van der Waals surface area contributed by atoms with Crippen molar-refractivity contribution in [3.8, 4) is 16.9 Å². The van der Waals surface area contributed by atoms with Crippen LogP contribution in [0.2, 0.25) is 0 Å². The highest BCUT2D eigenvalue weighted by molar-refractivity contribution is 6.06. The van der Waals surface area contributed by atoms with Crippen molar-refractivity contribution >= 4 is 23.4 Å². The summed E-state index contributed by atoms with van der Waals surface area (Å²) in [5, 5.41) is 13.8. The smallest absolute Gasteiger partial charge is 0.261 e. The fraction of sp³-hybridized carbons (Fsp3) is 0.192. The highest BCUT2D eigenvalue weighted by atomic mass is 16.3. The van der Waals surface area contributed by atoms with E-state index in [0.29, 0.717) is 11.3 Å². The molecule has 1 unspecified atom stereocenters. The largest absolute Gasteiger partial charge is 0.508 e. The summed E-state index contributed by atoms with van der Waals surface area (Å²) in [6.07, 6.45) is -0.0673. The molecule has 1 aliphatic rings. The molecule has 0 saturated carbocycles. The fourth-order valence-electron chi connectivity index (χ4n) is 3.98. The maximum atomic E-state index is 13.3. The predicted octanol–water partition coefficient (Wildman–Crippen LogP) is 3.29. The van der Waals surface area contributed by atoms with E-state index in [2.05, 4.69) is 10.7 Å². The van der Waals surface area contributed by atoms with Crippen LogP contribution in [0.25, 0.3) is 11.1 Å². The molecule has 0 radical (unpaired) electrons. The van der Waals surface area contributed by atoms with E-state index in [1.807, 2.05) is 43.3 Å². The number of rotatable bonds is 5. The second-order valence-electron chi connectivity index (χ2n) is 8.07. The van der Waals surface area contributed by atoms with Crippen LogP contribution in [0.4, 0.5) is 5.69 Å². The van der Waals surface area contributed by atoms with E-state index in [1.165, 1.54) is 11.1 Å². The lowest BCUT2D eigenvalue weighted by molar-refractivity contribution is -0.130. The number of para-hydroxylation sites is 2. The Morgan fingerprint density at radius 2 is 1.61 bits per heavy atom. The molecule has 3 aromatic rings. The molecular formula is C26H25N3O4. The zero-order valence-corrected chi connectivity index (χ0v) is 18.4. The topological polar surface area (TPSA) is 98.7 Å². The van der Waals surface area contributed by atoms with Gasteiger partial charge >= 0.3 is 0 Å². The molecule has 2 atom stereocenters. The molecule has 1 aliphatic heterocycles. The summed E-state index contributed by atoms with van der Waals surface area (Å²) in [7, 11) is 0. The van der Waals surface area contributed by atoms with Crippen molar-refractivity contribution in [1.29, 1.82) is 0 Å². The molecule has 0 saturated heterocycles. The van der Waals surface area contributed by atoms with Gasteiger partial charge in [-0.15, -0.1) is 0 Å². The summed E-state index contributed by atoms with van der Waals surface area (Å²) in [5.74, 6) is -1.66. The fourth-order valence-corrected chi connectivity index (χ4v) is 3.98. The molecule has 1 heterocycles. The Labute approximate surface area is 192 Å². The molecule has 7 nitrogen and oxygen atoms in total. The van der Waals surface area contributed by atoms with Crippen molar-refractivity contribution in [2.24, 2.45) is 0 Å². The number of nitrogens with zero attached hydrogens (tertiary/aromatic N) is 1. The molecule has 0 aromatic heterocycles. The van der Waals surface area contributed by atoms with Gasteiger partial charge in [0.15, 0.2) is 0 Å². The average Bonchev–Trinajstić information content (AvgIpc) is 2.90. The number of phenolic OH excluding ortho intramolecular Hbond substituents is 1. The van der Waals surface area contributed by atoms with Gasteiger partial charge in [0.1, 0.15) is 11.8 Å². The Kier molecular flexibility index (Phi) is 6.13. The zero-order valence-electron chi connectivity index (χ0n) is 18.4. The third-order valence-corrected chi connectivity index (χ3v) is 5.79. The summed E-state index contributed by atoms with van der Waals surface area (Å²) in [6, 6.07) is 20.7. The second-order valence-corrected chi connectivity index (χ2v) is 8.07. The van der Waals surface area contributed by atoms with Crippen LogP contribution in [0.15, 0.2) is 72.8 Å². The SMILES string of the molecule is CC1C(=O)N(NC(=O)[C@H](C)NC(=O)Cc2ccccc2O)c2ccccc2-c2ccccc21. The number of hydrazine groups is 1. The number of aromatic hydroxyl groups is 1. The lowest BCUT2D eigenvalue weighted by Gasteiger charge is -2.27. The molecule has 0 fully saturated rings. The molecule has 7 heteroatoms. The summed E-state index contributed by atoms with van der Waals surface area (Å²) in [5.41, 5.74) is 6.38. The van der Waals surface area contributed by atoms with Gasteiger partial charge in [0.05, 0.1) is 18.0 Å². The normalized spacial score (nSPS) is 15.6. The van der Waals surface area contributed by atoms with Crippen LogP contribution in [-0.2, 0) is 20.8 Å². The minimum Gasteiger partial charge on any atom is -0.508 e. The first-order valence-corrected chi connectivity index (χ1v) is 10.8. The van der Waals surface area contributed by atoms with Crippen molar-refractivity contribution in [2.45, 2.75) is 32.2 Å². The van der Waals surface area contributed by atoms with E-state index < -0.39 is 23.8 Å². The van der Waals surface area contributed by atoms with Crippen LogP contribution in [0.3, 0.4) is 0 Å². The maximum absolute atomic E-state index is 13.3. The van der Waals surface area contributed by atoms with Gasteiger partial charge < -0.3 is 10.4 Å². The summed E-state index contributed by atoms with van der Waals surface area (Å²) in [6.45, 7) is 3.36. The van der Waals surface area contributed by atoms with Crippen LogP contribution >= 0.6 is 0 Å². The average molecular weight is 444 g/mol. The molecule has 168 valence electrons. The molecule has 0 spiro atoms. The predicted molar refractivity (Wildman–Crippen MR) is 125 cm³/mol. The standard InChI is InChI=1S/C26H25N3O4/c1-16-19-10-4-5-11-20(19)21-12-6-7-13-22(21)29(26(16)33)28-25(32)17(2)27-24(31)15-18-9-3-8-14-23(18)30/h3-14,16-17,30H,15H2,1-2H3,(H,27,31)(H,28,32)/t16?,17-/m0/s1. The van der Waals surface area contributed by atoms with Crippen LogP contribution < -0.4 is 15.8 Å². The van der Waals surface area contributed by atoms with Crippen LogP contribution in [0.1, 0.15) is 30.9 Å². The highest BCUT2D eigenvalue weighted by Crippen LogP contribution is 2.39. The highest BCUT2D eigenvalue weighted by Gasteiger charge is 2.33. The monoisotopic (exact) mass is 443 g/mol. The Bertz CT molecular complexity index is 1220. The molecule has 3 N–H and O–H groups in total. The van der Waals surface area contributed by atoms with Crippen molar-refractivity contribution in [1.82, 2.24) is 10.7 Å². The molecule has 33 heavy (non-hydrogen) atoms. The third kappa shape index (κ3) is 4.43. The molecule has 0 aliphatic carbocycles. The molecule has 3 amide bonds. The van der Waals surface area contributed by atoms with Gasteiger partial charge in [0, 0.05) is 11.1 Å². The number of fused-ring (bicyclic) bond motifs is 3. The molecule has 0 bridgehead atoms. The summed E-state index contributed by atoms with van der Waals surface area (Å²) < 4.78 is 0. The van der Waals surface area contributed by atoms with Gasteiger partial charge in [-0.25, -0.2) is 5.01 Å². The number of carbonyl (C=O) groups excluding carboxylic acids is 3. The first kappa shape index (κ1) is 22.1. The second kappa shape index (κ2) is 9.16. The van der Waals surface area contributed by atoms with E-state index in [9.17, 15) is 19.5 Å². The van der Waals surface area contributed by atoms with Gasteiger partial charge in [0.2, 0.25) is 5.91 Å². The van der Waals surface area contributed by atoms with Gasteiger partial charge in [-0.1, -0.05) is 60.7 Å². The summed E-state index contributed by atoms with van der Waals surface area (Å²) in [4.78, 5) is 38.7. The van der Waals surface area contributed by atoms with Crippen molar-refractivity contribution < 1.29 is 19.5 Å². The summed E-state index contributed by atoms with van der Waals surface area (Å²) >= 11 is 0. The van der Waals surface area contributed by atoms with Gasteiger partial charge in [0.25, 0.3) is 11.8 Å². The minimum atomic E-state index is -0.899.